The van der Waals surface area contributed by atoms with E-state index in [1.54, 1.807) is 12.1 Å². The molecule has 0 unspecified atom stereocenters. The second-order valence-electron chi connectivity index (χ2n) is 4.35. The van der Waals surface area contributed by atoms with Crippen LogP contribution in [0.1, 0.15) is 5.56 Å². The number of benzene rings is 2. The predicted molar refractivity (Wildman–Crippen MR) is 75.5 cm³/mol. The van der Waals surface area contributed by atoms with E-state index < -0.39 is 0 Å². The van der Waals surface area contributed by atoms with Crippen LogP contribution in [0.2, 0.25) is 0 Å². The van der Waals surface area contributed by atoms with Gasteiger partial charge in [-0.15, -0.1) is 0 Å². The van der Waals surface area contributed by atoms with Gasteiger partial charge in [0.2, 0.25) is 0 Å². The minimum absolute atomic E-state index is 0.222. The number of halogens is 1. The summed E-state index contributed by atoms with van der Waals surface area (Å²) in [5.74, 6) is -0.222. The van der Waals surface area contributed by atoms with Crippen molar-refractivity contribution in [2.75, 3.05) is 5.32 Å². The molecule has 0 saturated carbocycles. The smallest absolute Gasteiger partial charge is 0.123 e. The van der Waals surface area contributed by atoms with Gasteiger partial charge in [-0.3, -0.25) is 4.98 Å². The highest BCUT2D eigenvalue weighted by molar-refractivity contribution is 5.82. The molecule has 2 aromatic carbocycles. The molecule has 3 rings (SSSR count). The molecule has 1 heterocycles. The van der Waals surface area contributed by atoms with Gasteiger partial charge in [0.15, 0.2) is 0 Å². The summed E-state index contributed by atoms with van der Waals surface area (Å²) in [6.45, 7) is 0.689. The van der Waals surface area contributed by atoms with Gasteiger partial charge in [0, 0.05) is 23.8 Å². The van der Waals surface area contributed by atoms with Gasteiger partial charge in [0.05, 0.1) is 5.52 Å². The molecule has 1 aromatic heterocycles. The average Bonchev–Trinajstić information content (AvgIpc) is 2.47. The summed E-state index contributed by atoms with van der Waals surface area (Å²) in [7, 11) is 0. The summed E-state index contributed by atoms with van der Waals surface area (Å²) >= 11 is 0. The molecule has 94 valence electrons. The van der Waals surface area contributed by atoms with Crippen LogP contribution in [-0.4, -0.2) is 4.98 Å². The van der Waals surface area contributed by atoms with E-state index in [-0.39, 0.29) is 5.82 Å². The van der Waals surface area contributed by atoms with Crippen LogP contribution in [0.3, 0.4) is 0 Å². The van der Waals surface area contributed by atoms with E-state index in [2.05, 4.69) is 16.4 Å². The van der Waals surface area contributed by atoms with Crippen LogP contribution in [0.5, 0.6) is 0 Å². The van der Waals surface area contributed by atoms with Crippen molar-refractivity contribution in [1.29, 1.82) is 0 Å². The number of rotatable bonds is 3. The van der Waals surface area contributed by atoms with E-state index in [9.17, 15) is 4.39 Å². The van der Waals surface area contributed by atoms with Gasteiger partial charge in [-0.05, 0) is 42.0 Å². The summed E-state index contributed by atoms with van der Waals surface area (Å²) in [5.41, 5.74) is 3.07. The Bertz CT molecular complexity index is 687. The van der Waals surface area contributed by atoms with Crippen molar-refractivity contribution < 1.29 is 4.39 Å². The number of anilines is 1. The third kappa shape index (κ3) is 2.55. The maximum atomic E-state index is 12.8. The molecule has 0 aliphatic heterocycles. The highest BCUT2D eigenvalue weighted by Gasteiger charge is 2.01. The molecule has 0 aliphatic rings. The summed E-state index contributed by atoms with van der Waals surface area (Å²) in [6, 6.07) is 16.4. The summed E-state index contributed by atoms with van der Waals surface area (Å²) in [5, 5.41) is 4.42. The fourth-order valence-electron chi connectivity index (χ4n) is 2.07. The topological polar surface area (TPSA) is 24.9 Å². The van der Waals surface area contributed by atoms with Crippen LogP contribution in [0.15, 0.2) is 60.8 Å². The lowest BCUT2D eigenvalue weighted by Crippen LogP contribution is -2.00. The average molecular weight is 252 g/mol. The monoisotopic (exact) mass is 252 g/mol. The SMILES string of the molecule is Fc1ccc(NCc2ccnc3ccccc23)cc1. The first-order valence-electron chi connectivity index (χ1n) is 6.15. The molecule has 2 nitrogen and oxygen atoms in total. The zero-order valence-corrected chi connectivity index (χ0v) is 10.3. The zero-order chi connectivity index (χ0) is 13.1. The number of nitrogens with zero attached hydrogens (tertiary/aromatic N) is 1. The van der Waals surface area contributed by atoms with Crippen LogP contribution in [0.25, 0.3) is 10.9 Å². The van der Waals surface area contributed by atoms with Crippen LogP contribution < -0.4 is 5.32 Å². The minimum atomic E-state index is -0.222. The van der Waals surface area contributed by atoms with E-state index in [1.165, 1.54) is 17.7 Å². The largest absolute Gasteiger partial charge is 0.381 e. The predicted octanol–water partition coefficient (Wildman–Crippen LogP) is 3.99. The lowest BCUT2D eigenvalue weighted by molar-refractivity contribution is 0.628. The number of nitrogens with one attached hydrogen (secondary N) is 1. The number of hydrogen-bond donors (Lipinski definition) is 1. The number of pyridine rings is 1. The van der Waals surface area contributed by atoms with E-state index in [1.807, 2.05) is 30.5 Å². The first-order chi connectivity index (χ1) is 9.33. The van der Waals surface area contributed by atoms with Crippen molar-refractivity contribution in [2.24, 2.45) is 0 Å². The Balaban J connectivity index is 1.84. The molecule has 0 radical (unpaired) electrons. The molecule has 0 spiro atoms. The Morgan fingerprint density at radius 2 is 1.74 bits per heavy atom. The first kappa shape index (κ1) is 11.7. The first-order valence-corrected chi connectivity index (χ1v) is 6.15. The van der Waals surface area contributed by atoms with Gasteiger partial charge in [-0.2, -0.15) is 0 Å². The molecule has 0 saturated heterocycles. The number of hydrogen-bond acceptors (Lipinski definition) is 2. The molecule has 0 fully saturated rings. The molecule has 1 N–H and O–H groups in total. The standard InChI is InChI=1S/C16H13FN2/c17-13-5-7-14(8-6-13)19-11-12-9-10-18-16-4-2-1-3-15(12)16/h1-10,19H,11H2. The Morgan fingerprint density at radius 1 is 0.947 bits per heavy atom. The molecule has 0 aliphatic carbocycles. The van der Waals surface area contributed by atoms with Crippen molar-refractivity contribution in [1.82, 2.24) is 4.98 Å². The second-order valence-corrected chi connectivity index (χ2v) is 4.35. The Hall–Kier alpha value is -2.42. The third-order valence-corrected chi connectivity index (χ3v) is 3.07. The van der Waals surface area contributed by atoms with Gasteiger partial charge in [0.25, 0.3) is 0 Å². The maximum absolute atomic E-state index is 12.8. The fourth-order valence-corrected chi connectivity index (χ4v) is 2.07. The lowest BCUT2D eigenvalue weighted by atomic mass is 10.1. The summed E-state index contributed by atoms with van der Waals surface area (Å²) < 4.78 is 12.8. The van der Waals surface area contributed by atoms with Crippen molar-refractivity contribution in [3.8, 4) is 0 Å². The molecule has 0 amide bonds. The van der Waals surface area contributed by atoms with Crippen molar-refractivity contribution in [3.63, 3.8) is 0 Å². The second kappa shape index (κ2) is 5.06. The Kier molecular flexibility index (Phi) is 3.11. The molecule has 0 bridgehead atoms. The Labute approximate surface area is 110 Å². The van der Waals surface area contributed by atoms with Gasteiger partial charge in [-0.25, -0.2) is 4.39 Å². The third-order valence-electron chi connectivity index (χ3n) is 3.07. The zero-order valence-electron chi connectivity index (χ0n) is 10.3. The molecule has 0 atom stereocenters. The quantitative estimate of drug-likeness (QED) is 0.762. The van der Waals surface area contributed by atoms with Crippen LogP contribution in [-0.2, 0) is 6.54 Å². The van der Waals surface area contributed by atoms with Crippen LogP contribution >= 0.6 is 0 Å². The highest BCUT2D eigenvalue weighted by Crippen LogP contribution is 2.17. The minimum Gasteiger partial charge on any atom is -0.381 e. The molecular formula is C16H13FN2. The highest BCUT2D eigenvalue weighted by atomic mass is 19.1. The van der Waals surface area contributed by atoms with Gasteiger partial charge < -0.3 is 5.32 Å². The lowest BCUT2D eigenvalue weighted by Gasteiger charge is -2.08. The van der Waals surface area contributed by atoms with Crippen molar-refractivity contribution >= 4 is 16.6 Å². The van der Waals surface area contributed by atoms with Crippen molar-refractivity contribution in [3.05, 3.63) is 72.2 Å². The van der Waals surface area contributed by atoms with Crippen LogP contribution in [0.4, 0.5) is 10.1 Å². The van der Waals surface area contributed by atoms with Gasteiger partial charge in [-0.1, -0.05) is 18.2 Å². The van der Waals surface area contributed by atoms with Gasteiger partial charge in [0.1, 0.15) is 5.82 Å². The number of fused-ring (bicyclic) bond motifs is 1. The molecule has 3 aromatic rings. The maximum Gasteiger partial charge on any atom is 0.123 e. The number of para-hydroxylation sites is 1. The summed E-state index contributed by atoms with van der Waals surface area (Å²) in [4.78, 5) is 4.33. The van der Waals surface area contributed by atoms with E-state index in [0.29, 0.717) is 6.54 Å². The normalized spacial score (nSPS) is 10.6. The Morgan fingerprint density at radius 3 is 2.58 bits per heavy atom. The molecular weight excluding hydrogens is 239 g/mol. The molecule has 19 heavy (non-hydrogen) atoms. The fraction of sp³-hybridized carbons (Fsp3) is 0.0625. The number of aromatic nitrogens is 1. The van der Waals surface area contributed by atoms with E-state index in [0.717, 1.165) is 16.6 Å². The summed E-state index contributed by atoms with van der Waals surface area (Å²) in [6.07, 6.45) is 1.81. The van der Waals surface area contributed by atoms with Crippen molar-refractivity contribution in [2.45, 2.75) is 6.54 Å². The van der Waals surface area contributed by atoms with E-state index in [4.69, 9.17) is 0 Å². The molecule has 3 heteroatoms. The van der Waals surface area contributed by atoms with Gasteiger partial charge >= 0.3 is 0 Å². The van der Waals surface area contributed by atoms with Crippen LogP contribution in [0, 0.1) is 5.82 Å². The van der Waals surface area contributed by atoms with E-state index >= 15 is 0 Å².